The number of anilines is 1. The zero-order chi connectivity index (χ0) is 16.2. The van der Waals surface area contributed by atoms with Crippen LogP contribution in [0.25, 0.3) is 0 Å². The minimum absolute atomic E-state index is 0.141. The van der Waals surface area contributed by atoms with Crippen molar-refractivity contribution in [3.05, 3.63) is 80.6 Å². The maximum Gasteiger partial charge on any atom is 0.256 e. The highest BCUT2D eigenvalue weighted by molar-refractivity contribution is 14.1. The molecule has 0 aliphatic rings. The Morgan fingerprint density at radius 3 is 2.83 bits per heavy atom. The van der Waals surface area contributed by atoms with Crippen molar-refractivity contribution in [2.24, 2.45) is 0 Å². The van der Waals surface area contributed by atoms with E-state index in [2.05, 4.69) is 33.0 Å². The first-order valence-corrected chi connectivity index (χ1v) is 8.40. The van der Waals surface area contributed by atoms with E-state index in [1.54, 1.807) is 23.1 Å². The lowest BCUT2D eigenvalue weighted by Gasteiger charge is -2.04. The number of benzene rings is 2. The van der Waals surface area contributed by atoms with Gasteiger partial charge in [0.15, 0.2) is 0 Å². The molecule has 0 unspecified atom stereocenters. The lowest BCUT2D eigenvalue weighted by atomic mass is 10.2. The van der Waals surface area contributed by atoms with Crippen molar-refractivity contribution >= 4 is 45.8 Å². The fraction of sp³-hybridized carbons (Fsp3) is 0.0588. The van der Waals surface area contributed by atoms with Crippen molar-refractivity contribution in [3.63, 3.8) is 0 Å². The first-order chi connectivity index (χ1) is 11.1. The van der Waals surface area contributed by atoms with Gasteiger partial charge in [-0.15, -0.1) is 0 Å². The predicted octanol–water partition coefficient (Wildman–Crippen LogP) is 4.44. The molecule has 1 heterocycles. The van der Waals surface area contributed by atoms with Crippen LogP contribution in [-0.4, -0.2) is 15.7 Å². The van der Waals surface area contributed by atoms with Crippen LogP contribution in [0.4, 0.5) is 5.69 Å². The van der Waals surface area contributed by atoms with Crippen LogP contribution in [0, 0.1) is 3.57 Å². The van der Waals surface area contributed by atoms with Crippen LogP contribution in [0.5, 0.6) is 0 Å². The number of carbonyl (C=O) groups is 1. The highest BCUT2D eigenvalue weighted by Crippen LogP contribution is 2.16. The molecular formula is C17H13ClIN3O. The molecule has 0 spiro atoms. The monoisotopic (exact) mass is 437 g/mol. The molecule has 1 amide bonds. The Labute approximate surface area is 152 Å². The van der Waals surface area contributed by atoms with Crippen LogP contribution in [0.3, 0.4) is 0 Å². The Balaban J connectivity index is 1.70. The SMILES string of the molecule is O=C(Nc1cnn(Cc2cccc(Cl)c2)c1)c1ccccc1I. The lowest BCUT2D eigenvalue weighted by molar-refractivity contribution is 0.102. The second-order valence-corrected chi connectivity index (χ2v) is 6.59. The summed E-state index contributed by atoms with van der Waals surface area (Å²) in [7, 11) is 0. The Hall–Kier alpha value is -1.86. The van der Waals surface area contributed by atoms with Gasteiger partial charge < -0.3 is 5.32 Å². The Morgan fingerprint density at radius 2 is 2.04 bits per heavy atom. The Morgan fingerprint density at radius 1 is 1.22 bits per heavy atom. The maximum atomic E-state index is 12.3. The first-order valence-electron chi connectivity index (χ1n) is 6.94. The molecule has 0 saturated carbocycles. The number of nitrogens with zero attached hydrogens (tertiary/aromatic N) is 2. The summed E-state index contributed by atoms with van der Waals surface area (Å²) in [5, 5.41) is 7.83. The molecule has 0 atom stereocenters. The molecule has 0 aliphatic carbocycles. The van der Waals surface area contributed by atoms with Gasteiger partial charge in [-0.1, -0.05) is 35.9 Å². The lowest BCUT2D eigenvalue weighted by Crippen LogP contribution is -2.12. The summed E-state index contributed by atoms with van der Waals surface area (Å²) in [5.74, 6) is -0.141. The molecule has 0 saturated heterocycles. The van der Waals surface area contributed by atoms with Crippen molar-refractivity contribution in [3.8, 4) is 0 Å². The van der Waals surface area contributed by atoms with E-state index >= 15 is 0 Å². The fourth-order valence-electron chi connectivity index (χ4n) is 2.18. The van der Waals surface area contributed by atoms with Gasteiger partial charge in [0, 0.05) is 14.8 Å². The Bertz CT molecular complexity index is 847. The van der Waals surface area contributed by atoms with E-state index in [1.807, 2.05) is 42.5 Å². The van der Waals surface area contributed by atoms with Crippen LogP contribution >= 0.6 is 34.2 Å². The minimum atomic E-state index is -0.141. The van der Waals surface area contributed by atoms with Crippen LogP contribution in [0.1, 0.15) is 15.9 Å². The Kier molecular flexibility index (Phi) is 4.97. The molecule has 0 radical (unpaired) electrons. The maximum absolute atomic E-state index is 12.3. The molecule has 3 aromatic rings. The van der Waals surface area contributed by atoms with E-state index in [4.69, 9.17) is 11.6 Å². The van der Waals surface area contributed by atoms with Crippen LogP contribution in [0.15, 0.2) is 60.9 Å². The summed E-state index contributed by atoms with van der Waals surface area (Å²) >= 11 is 8.13. The zero-order valence-corrected chi connectivity index (χ0v) is 15.0. The van der Waals surface area contributed by atoms with Crippen molar-refractivity contribution in [1.82, 2.24) is 9.78 Å². The normalized spacial score (nSPS) is 10.5. The van der Waals surface area contributed by atoms with E-state index in [9.17, 15) is 4.79 Å². The third-order valence-corrected chi connectivity index (χ3v) is 4.42. The summed E-state index contributed by atoms with van der Waals surface area (Å²) in [5.41, 5.74) is 2.36. The number of rotatable bonds is 4. The van der Waals surface area contributed by atoms with Gasteiger partial charge in [-0.2, -0.15) is 5.10 Å². The molecule has 1 aromatic heterocycles. The first kappa shape index (κ1) is 16.0. The third-order valence-electron chi connectivity index (χ3n) is 3.24. The summed E-state index contributed by atoms with van der Waals surface area (Å²) in [6.45, 7) is 0.597. The average molecular weight is 438 g/mol. The fourth-order valence-corrected chi connectivity index (χ4v) is 3.03. The number of halogens is 2. The largest absolute Gasteiger partial charge is 0.319 e. The molecule has 2 aromatic carbocycles. The molecule has 0 fully saturated rings. The number of hydrogen-bond donors (Lipinski definition) is 1. The summed E-state index contributed by atoms with van der Waals surface area (Å²) in [6, 6.07) is 15.1. The second kappa shape index (κ2) is 7.14. The number of aromatic nitrogens is 2. The number of amides is 1. The number of hydrogen-bond acceptors (Lipinski definition) is 2. The van der Waals surface area contributed by atoms with E-state index < -0.39 is 0 Å². The smallest absolute Gasteiger partial charge is 0.256 e. The van der Waals surface area contributed by atoms with E-state index in [0.717, 1.165) is 9.13 Å². The topological polar surface area (TPSA) is 46.9 Å². The standard InChI is InChI=1S/C17H13ClIN3O/c18-13-5-3-4-12(8-13)10-22-11-14(9-20-22)21-17(23)15-6-1-2-7-16(15)19/h1-9,11H,10H2,(H,21,23). The van der Waals surface area contributed by atoms with Crippen LogP contribution < -0.4 is 5.32 Å². The molecule has 23 heavy (non-hydrogen) atoms. The van der Waals surface area contributed by atoms with E-state index in [0.29, 0.717) is 22.8 Å². The van der Waals surface area contributed by atoms with E-state index in [-0.39, 0.29) is 5.91 Å². The third kappa shape index (κ3) is 4.11. The van der Waals surface area contributed by atoms with Crippen molar-refractivity contribution < 1.29 is 4.79 Å². The second-order valence-electron chi connectivity index (χ2n) is 4.99. The van der Waals surface area contributed by atoms with Gasteiger partial charge in [0.2, 0.25) is 0 Å². The van der Waals surface area contributed by atoms with Gasteiger partial charge in [-0.3, -0.25) is 9.48 Å². The molecule has 116 valence electrons. The zero-order valence-electron chi connectivity index (χ0n) is 12.0. The summed E-state index contributed by atoms with van der Waals surface area (Å²) in [4.78, 5) is 12.3. The van der Waals surface area contributed by atoms with Gasteiger partial charge in [0.25, 0.3) is 5.91 Å². The van der Waals surface area contributed by atoms with Gasteiger partial charge in [0.05, 0.1) is 24.0 Å². The minimum Gasteiger partial charge on any atom is -0.319 e. The quantitative estimate of drug-likeness (QED) is 0.613. The van der Waals surface area contributed by atoms with E-state index in [1.165, 1.54) is 0 Å². The summed E-state index contributed by atoms with van der Waals surface area (Å²) < 4.78 is 2.67. The van der Waals surface area contributed by atoms with Gasteiger partial charge >= 0.3 is 0 Å². The molecule has 0 aliphatic heterocycles. The predicted molar refractivity (Wildman–Crippen MR) is 99.9 cm³/mol. The molecule has 6 heteroatoms. The highest BCUT2D eigenvalue weighted by Gasteiger charge is 2.10. The summed E-state index contributed by atoms with van der Waals surface area (Å²) in [6.07, 6.45) is 3.44. The molecule has 4 nitrogen and oxygen atoms in total. The van der Waals surface area contributed by atoms with Crippen molar-refractivity contribution in [1.29, 1.82) is 0 Å². The van der Waals surface area contributed by atoms with Crippen LogP contribution in [-0.2, 0) is 6.54 Å². The van der Waals surface area contributed by atoms with Gasteiger partial charge in [0.1, 0.15) is 0 Å². The molecule has 1 N–H and O–H groups in total. The number of carbonyl (C=O) groups excluding carboxylic acids is 1. The van der Waals surface area contributed by atoms with Crippen molar-refractivity contribution in [2.75, 3.05) is 5.32 Å². The van der Waals surface area contributed by atoms with Crippen molar-refractivity contribution in [2.45, 2.75) is 6.54 Å². The molecule has 0 bridgehead atoms. The average Bonchev–Trinajstić information content (AvgIpc) is 2.94. The van der Waals surface area contributed by atoms with Crippen LogP contribution in [0.2, 0.25) is 5.02 Å². The number of nitrogens with one attached hydrogen (secondary N) is 1. The highest BCUT2D eigenvalue weighted by atomic mass is 127. The van der Waals surface area contributed by atoms with Gasteiger partial charge in [-0.25, -0.2) is 0 Å². The van der Waals surface area contributed by atoms with Gasteiger partial charge in [-0.05, 0) is 52.4 Å². The molecular weight excluding hydrogens is 425 g/mol. The molecule has 3 rings (SSSR count).